The van der Waals surface area contributed by atoms with Crippen molar-refractivity contribution in [3.8, 4) is 0 Å². The van der Waals surface area contributed by atoms with E-state index in [0.29, 0.717) is 11.7 Å². The van der Waals surface area contributed by atoms with Gasteiger partial charge in [0.25, 0.3) is 0 Å². The molecule has 0 saturated heterocycles. The van der Waals surface area contributed by atoms with E-state index in [2.05, 4.69) is 11.9 Å². The van der Waals surface area contributed by atoms with Crippen LogP contribution in [0.25, 0.3) is 0 Å². The van der Waals surface area contributed by atoms with Crippen LogP contribution in [0.4, 0.5) is 0 Å². The molecule has 82 valence electrons. The summed E-state index contributed by atoms with van der Waals surface area (Å²) in [6.07, 6.45) is 6.32. The second kappa shape index (κ2) is 4.88. The van der Waals surface area contributed by atoms with Gasteiger partial charge in [-0.3, -0.25) is 4.79 Å². The summed E-state index contributed by atoms with van der Waals surface area (Å²) in [5.41, 5.74) is 3.04. The fourth-order valence-corrected chi connectivity index (χ4v) is 3.03. The zero-order chi connectivity index (χ0) is 10.7. The molecule has 1 aromatic heterocycles. The number of aromatic nitrogens is 1. The molecule has 1 aliphatic rings. The first-order valence-corrected chi connectivity index (χ1v) is 6.57. The Kier molecular flexibility index (Phi) is 3.52. The standard InChI is InChI=1S/C12H17NOS/c1-9-12(15-8-13-9)7-6-10-4-2-3-5-11(10)14/h8,10H,2-7H2,1H3. The zero-order valence-electron chi connectivity index (χ0n) is 9.16. The number of nitrogens with zero attached hydrogens (tertiary/aromatic N) is 1. The minimum atomic E-state index is 0.334. The molecule has 0 spiro atoms. The third kappa shape index (κ3) is 2.65. The molecule has 1 unspecified atom stereocenters. The molecule has 1 saturated carbocycles. The fourth-order valence-electron chi connectivity index (χ4n) is 2.23. The van der Waals surface area contributed by atoms with Crippen LogP contribution in [0.1, 0.15) is 42.7 Å². The summed E-state index contributed by atoms with van der Waals surface area (Å²) in [7, 11) is 0. The van der Waals surface area contributed by atoms with Gasteiger partial charge in [-0.15, -0.1) is 11.3 Å². The van der Waals surface area contributed by atoms with Gasteiger partial charge in [-0.2, -0.15) is 0 Å². The maximum Gasteiger partial charge on any atom is 0.135 e. The molecule has 0 N–H and O–H groups in total. The Morgan fingerprint density at radius 2 is 2.40 bits per heavy atom. The number of Topliss-reactive ketones (excluding diaryl/α,β-unsaturated/α-hetero) is 1. The molecule has 2 nitrogen and oxygen atoms in total. The number of ketones is 1. The van der Waals surface area contributed by atoms with Gasteiger partial charge in [-0.05, 0) is 32.6 Å². The molecule has 1 heterocycles. The normalized spacial score (nSPS) is 21.9. The molecule has 0 radical (unpaired) electrons. The summed E-state index contributed by atoms with van der Waals surface area (Å²) < 4.78 is 0. The second-order valence-corrected chi connectivity index (χ2v) is 5.25. The quantitative estimate of drug-likeness (QED) is 0.788. The summed E-state index contributed by atoms with van der Waals surface area (Å²) in [4.78, 5) is 17.2. The predicted octanol–water partition coefficient (Wildman–Crippen LogP) is 3.14. The van der Waals surface area contributed by atoms with Crippen molar-refractivity contribution in [3.05, 3.63) is 16.1 Å². The van der Waals surface area contributed by atoms with Gasteiger partial charge in [-0.1, -0.05) is 6.42 Å². The van der Waals surface area contributed by atoms with Crippen LogP contribution in [0.3, 0.4) is 0 Å². The van der Waals surface area contributed by atoms with Crippen molar-refractivity contribution in [3.63, 3.8) is 0 Å². The third-order valence-electron chi connectivity index (χ3n) is 3.25. The van der Waals surface area contributed by atoms with Gasteiger partial charge < -0.3 is 0 Å². The van der Waals surface area contributed by atoms with Gasteiger partial charge >= 0.3 is 0 Å². The van der Waals surface area contributed by atoms with Gasteiger partial charge in [0.15, 0.2) is 0 Å². The second-order valence-electron chi connectivity index (χ2n) is 4.31. The smallest absolute Gasteiger partial charge is 0.135 e. The minimum Gasteiger partial charge on any atom is -0.299 e. The van der Waals surface area contributed by atoms with E-state index in [4.69, 9.17) is 0 Å². The number of hydrogen-bond acceptors (Lipinski definition) is 3. The zero-order valence-corrected chi connectivity index (χ0v) is 9.98. The average Bonchev–Trinajstić information content (AvgIpc) is 2.63. The van der Waals surface area contributed by atoms with Crippen LogP contribution >= 0.6 is 11.3 Å². The third-order valence-corrected chi connectivity index (χ3v) is 4.24. The van der Waals surface area contributed by atoms with E-state index < -0.39 is 0 Å². The monoisotopic (exact) mass is 223 g/mol. The number of aryl methyl sites for hydroxylation is 2. The van der Waals surface area contributed by atoms with Crippen LogP contribution < -0.4 is 0 Å². The van der Waals surface area contributed by atoms with Crippen molar-refractivity contribution < 1.29 is 4.79 Å². The lowest BCUT2D eigenvalue weighted by Crippen LogP contribution is -2.19. The van der Waals surface area contributed by atoms with Gasteiger partial charge in [0.05, 0.1) is 11.2 Å². The molecule has 1 fully saturated rings. The Hall–Kier alpha value is -0.700. The molecular weight excluding hydrogens is 206 g/mol. The number of carbonyl (C=O) groups excluding carboxylic acids is 1. The SMILES string of the molecule is Cc1ncsc1CCC1CCCCC1=O. The van der Waals surface area contributed by atoms with Crippen LogP contribution in [-0.2, 0) is 11.2 Å². The van der Waals surface area contributed by atoms with Crippen molar-refractivity contribution in [2.75, 3.05) is 0 Å². The van der Waals surface area contributed by atoms with E-state index >= 15 is 0 Å². The topological polar surface area (TPSA) is 30.0 Å². The van der Waals surface area contributed by atoms with Crippen molar-refractivity contribution >= 4 is 17.1 Å². The van der Waals surface area contributed by atoms with Crippen LogP contribution in [0.15, 0.2) is 5.51 Å². The Labute approximate surface area is 94.7 Å². The van der Waals surface area contributed by atoms with Crippen LogP contribution in [0, 0.1) is 12.8 Å². The molecule has 0 aromatic carbocycles. The van der Waals surface area contributed by atoms with Crippen LogP contribution in [0.5, 0.6) is 0 Å². The predicted molar refractivity (Wildman–Crippen MR) is 62.1 cm³/mol. The van der Waals surface area contributed by atoms with Gasteiger partial charge in [0, 0.05) is 17.2 Å². The highest BCUT2D eigenvalue weighted by molar-refractivity contribution is 7.09. The molecule has 2 rings (SSSR count). The highest BCUT2D eigenvalue weighted by atomic mass is 32.1. The van der Waals surface area contributed by atoms with E-state index in [1.165, 1.54) is 11.3 Å². The minimum absolute atomic E-state index is 0.334. The van der Waals surface area contributed by atoms with E-state index in [0.717, 1.165) is 37.8 Å². The first-order valence-electron chi connectivity index (χ1n) is 5.69. The number of hydrogen-bond donors (Lipinski definition) is 0. The molecule has 1 aliphatic carbocycles. The van der Waals surface area contributed by atoms with Gasteiger partial charge in [0.1, 0.15) is 5.78 Å². The molecular formula is C12H17NOS. The van der Waals surface area contributed by atoms with E-state index in [1.54, 1.807) is 11.3 Å². The highest BCUT2D eigenvalue weighted by Gasteiger charge is 2.21. The number of thiazole rings is 1. The Morgan fingerprint density at radius 3 is 3.07 bits per heavy atom. The molecule has 0 bridgehead atoms. The summed E-state index contributed by atoms with van der Waals surface area (Å²) in [6.45, 7) is 2.05. The maximum atomic E-state index is 11.6. The lowest BCUT2D eigenvalue weighted by molar-refractivity contribution is -0.124. The molecule has 0 amide bonds. The molecule has 15 heavy (non-hydrogen) atoms. The number of carbonyl (C=O) groups is 1. The fraction of sp³-hybridized carbons (Fsp3) is 0.667. The van der Waals surface area contributed by atoms with E-state index in [9.17, 15) is 4.79 Å². The Bertz CT molecular complexity index is 345. The van der Waals surface area contributed by atoms with E-state index in [1.807, 2.05) is 5.51 Å². The largest absolute Gasteiger partial charge is 0.299 e. The van der Waals surface area contributed by atoms with Gasteiger partial charge in [0.2, 0.25) is 0 Å². The van der Waals surface area contributed by atoms with Crippen molar-refractivity contribution in [2.24, 2.45) is 5.92 Å². The first kappa shape index (κ1) is 10.8. The summed E-state index contributed by atoms with van der Waals surface area (Å²) in [5.74, 6) is 0.823. The average molecular weight is 223 g/mol. The molecule has 1 aromatic rings. The molecule has 1 atom stereocenters. The van der Waals surface area contributed by atoms with Gasteiger partial charge in [-0.25, -0.2) is 4.98 Å². The van der Waals surface area contributed by atoms with Crippen molar-refractivity contribution in [1.82, 2.24) is 4.98 Å². The maximum absolute atomic E-state index is 11.6. The van der Waals surface area contributed by atoms with Crippen LogP contribution in [-0.4, -0.2) is 10.8 Å². The Morgan fingerprint density at radius 1 is 1.53 bits per heavy atom. The van der Waals surface area contributed by atoms with Crippen molar-refractivity contribution in [2.45, 2.75) is 45.4 Å². The lowest BCUT2D eigenvalue weighted by Gasteiger charge is -2.19. The number of rotatable bonds is 3. The lowest BCUT2D eigenvalue weighted by atomic mass is 9.85. The van der Waals surface area contributed by atoms with Crippen molar-refractivity contribution in [1.29, 1.82) is 0 Å². The Balaban J connectivity index is 1.87. The summed E-state index contributed by atoms with van der Waals surface area (Å²) in [6, 6.07) is 0. The molecule has 0 aliphatic heterocycles. The summed E-state index contributed by atoms with van der Waals surface area (Å²) in [5, 5.41) is 0. The highest BCUT2D eigenvalue weighted by Crippen LogP contribution is 2.26. The van der Waals surface area contributed by atoms with E-state index in [-0.39, 0.29) is 0 Å². The summed E-state index contributed by atoms with van der Waals surface area (Å²) >= 11 is 1.72. The first-order chi connectivity index (χ1) is 7.27. The molecule has 3 heteroatoms. The van der Waals surface area contributed by atoms with Crippen LogP contribution in [0.2, 0.25) is 0 Å².